The molecule has 0 spiro atoms. The Morgan fingerprint density at radius 2 is 1.89 bits per heavy atom. The van der Waals surface area contributed by atoms with E-state index in [0.717, 1.165) is 0 Å². The van der Waals surface area contributed by atoms with Gasteiger partial charge in [-0.15, -0.1) is 0 Å². The second kappa shape index (κ2) is 5.63. The lowest BCUT2D eigenvalue weighted by Gasteiger charge is -2.20. The molecule has 6 heteroatoms. The van der Waals surface area contributed by atoms with Crippen molar-refractivity contribution in [2.75, 3.05) is 0 Å². The Bertz CT molecular complexity index is 472. The van der Waals surface area contributed by atoms with Gasteiger partial charge in [-0.25, -0.2) is 17.7 Å². The Morgan fingerprint density at radius 3 is 2.33 bits per heavy atom. The normalized spacial score (nSPS) is 14.0. The van der Waals surface area contributed by atoms with Crippen molar-refractivity contribution in [1.29, 1.82) is 0 Å². The monoisotopic (exact) mass is 295 g/mol. The van der Waals surface area contributed by atoms with Crippen LogP contribution in [0, 0.1) is 6.92 Å². The maximum absolute atomic E-state index is 12.9. The van der Waals surface area contributed by atoms with Gasteiger partial charge in [0, 0.05) is 11.1 Å². The van der Waals surface area contributed by atoms with Crippen molar-refractivity contribution in [2.45, 2.75) is 44.6 Å². The van der Waals surface area contributed by atoms with Gasteiger partial charge in [0.1, 0.15) is 11.0 Å². The lowest BCUT2D eigenvalue weighted by Crippen LogP contribution is -2.37. The molecule has 0 heterocycles. The Morgan fingerprint density at radius 1 is 1.33 bits per heavy atom. The smallest absolute Gasteiger partial charge is 0.237 e. The summed E-state index contributed by atoms with van der Waals surface area (Å²) in [5.74, 6) is 0. The first-order valence-corrected chi connectivity index (χ1v) is 6.93. The predicted molar refractivity (Wildman–Crippen MR) is 70.4 cm³/mol. The zero-order chi connectivity index (χ0) is 14.1. The van der Waals surface area contributed by atoms with Crippen LogP contribution in [0.2, 0.25) is 5.02 Å². The van der Waals surface area contributed by atoms with Gasteiger partial charge >= 0.3 is 0 Å². The average molecular weight is 296 g/mol. The predicted octanol–water partition coefficient (Wildman–Crippen LogP) is 4.00. The second-order valence-electron chi connectivity index (χ2n) is 5.03. The van der Waals surface area contributed by atoms with Crippen molar-refractivity contribution in [2.24, 2.45) is 0 Å². The fraction of sp³-hybridized carbons (Fsp3) is 0.500. The lowest BCUT2D eigenvalue weighted by molar-refractivity contribution is 0.150. The maximum atomic E-state index is 12.9. The summed E-state index contributed by atoms with van der Waals surface area (Å²) in [6, 6.07) is 3.02. The molecule has 0 bridgehead atoms. The molecule has 1 unspecified atom stereocenters. The topological polar surface area (TPSA) is 29.1 Å². The lowest BCUT2D eigenvalue weighted by atomic mass is 10.1. The van der Waals surface area contributed by atoms with Crippen LogP contribution < -0.4 is 4.72 Å². The number of hydrogen-bond acceptors (Lipinski definition) is 1. The van der Waals surface area contributed by atoms with Crippen LogP contribution in [0.5, 0.6) is 0 Å². The molecule has 1 rings (SSSR count). The Hall–Kier alpha value is -0.520. The van der Waals surface area contributed by atoms with Crippen LogP contribution in [0.25, 0.3) is 0 Å². The Labute approximate surface area is 113 Å². The molecular formula is C12H16ClF2NOS. The van der Waals surface area contributed by atoms with Crippen LogP contribution in [0.4, 0.5) is 8.78 Å². The molecule has 0 radical (unpaired) electrons. The highest BCUT2D eigenvalue weighted by Crippen LogP contribution is 2.34. The van der Waals surface area contributed by atoms with Gasteiger partial charge in [0.2, 0.25) is 0 Å². The van der Waals surface area contributed by atoms with E-state index < -0.39 is 22.9 Å². The third kappa shape index (κ3) is 3.73. The summed E-state index contributed by atoms with van der Waals surface area (Å²) in [4.78, 5) is 0.187. The number of alkyl halides is 2. The average Bonchev–Trinajstić information content (AvgIpc) is 2.13. The first-order chi connectivity index (χ1) is 8.13. The summed E-state index contributed by atoms with van der Waals surface area (Å²) in [6.07, 6.45) is -2.68. The maximum Gasteiger partial charge on any atom is 0.265 e. The van der Waals surface area contributed by atoms with Crippen molar-refractivity contribution >= 4 is 22.6 Å². The molecule has 1 aromatic rings. The van der Waals surface area contributed by atoms with E-state index in [2.05, 4.69) is 4.72 Å². The molecule has 0 aliphatic heterocycles. The van der Waals surface area contributed by atoms with E-state index in [1.165, 1.54) is 12.1 Å². The minimum absolute atomic E-state index is 0.125. The van der Waals surface area contributed by atoms with Crippen LogP contribution >= 0.6 is 11.6 Å². The molecule has 2 nitrogen and oxygen atoms in total. The highest BCUT2D eigenvalue weighted by molar-refractivity contribution is 7.83. The quantitative estimate of drug-likeness (QED) is 0.897. The molecule has 1 atom stereocenters. The summed E-state index contributed by atoms with van der Waals surface area (Å²) in [5, 5.41) is -0.125. The molecule has 0 fully saturated rings. The van der Waals surface area contributed by atoms with Crippen LogP contribution in [0.15, 0.2) is 17.0 Å². The number of hydrogen-bond donors (Lipinski definition) is 1. The van der Waals surface area contributed by atoms with E-state index in [1.807, 2.05) is 20.8 Å². The molecule has 18 heavy (non-hydrogen) atoms. The van der Waals surface area contributed by atoms with Gasteiger partial charge in [-0.3, -0.25) is 0 Å². The molecule has 0 amide bonds. The summed E-state index contributed by atoms with van der Waals surface area (Å²) < 4.78 is 40.6. The van der Waals surface area contributed by atoms with E-state index in [0.29, 0.717) is 5.56 Å². The number of halogens is 3. The van der Waals surface area contributed by atoms with Crippen molar-refractivity contribution in [3.8, 4) is 0 Å². The highest BCUT2D eigenvalue weighted by atomic mass is 35.5. The molecular weight excluding hydrogens is 280 g/mol. The number of benzene rings is 1. The van der Waals surface area contributed by atoms with Gasteiger partial charge in [-0.1, -0.05) is 17.7 Å². The Balaban J connectivity index is 3.19. The van der Waals surface area contributed by atoms with Crippen LogP contribution in [0.3, 0.4) is 0 Å². The summed E-state index contributed by atoms with van der Waals surface area (Å²) in [7, 11) is -1.61. The number of aryl methyl sites for hydroxylation is 1. The molecule has 0 saturated carbocycles. The molecule has 0 saturated heterocycles. The van der Waals surface area contributed by atoms with E-state index in [4.69, 9.17) is 11.6 Å². The van der Waals surface area contributed by atoms with Crippen molar-refractivity contribution in [3.63, 3.8) is 0 Å². The summed E-state index contributed by atoms with van der Waals surface area (Å²) in [5.41, 5.74) is -0.255. The molecule has 0 aliphatic carbocycles. The van der Waals surface area contributed by atoms with Gasteiger partial charge in [-0.2, -0.15) is 0 Å². The SMILES string of the molecule is Cc1ccc(S(=O)NC(C)(C)C)c(Cl)c1C(F)F. The highest BCUT2D eigenvalue weighted by Gasteiger charge is 2.22. The van der Waals surface area contributed by atoms with Gasteiger partial charge in [0.05, 0.1) is 9.92 Å². The van der Waals surface area contributed by atoms with Gasteiger partial charge in [-0.05, 0) is 39.3 Å². The minimum atomic E-state index is -2.68. The number of rotatable bonds is 3. The molecule has 0 aromatic heterocycles. The standard InChI is InChI=1S/C12H16ClF2NOS/c1-7-5-6-8(10(13)9(7)11(14)15)18(17)16-12(2,3)4/h5-6,11,16H,1-4H3. The molecule has 0 aliphatic rings. The van der Waals surface area contributed by atoms with E-state index in [1.54, 1.807) is 6.92 Å². The fourth-order valence-electron chi connectivity index (χ4n) is 1.41. The van der Waals surface area contributed by atoms with Crippen molar-refractivity contribution in [3.05, 3.63) is 28.3 Å². The fourth-order valence-corrected chi connectivity index (χ4v) is 3.05. The minimum Gasteiger partial charge on any atom is -0.237 e. The third-order valence-corrected chi connectivity index (χ3v) is 4.24. The van der Waals surface area contributed by atoms with Gasteiger partial charge in [0.25, 0.3) is 6.43 Å². The first kappa shape index (κ1) is 15.5. The van der Waals surface area contributed by atoms with Gasteiger partial charge < -0.3 is 0 Å². The zero-order valence-corrected chi connectivity index (χ0v) is 12.3. The summed E-state index contributed by atoms with van der Waals surface area (Å²) in [6.45, 7) is 7.06. The molecule has 1 aromatic carbocycles. The molecule has 102 valence electrons. The first-order valence-electron chi connectivity index (χ1n) is 5.40. The van der Waals surface area contributed by atoms with Gasteiger partial charge in [0.15, 0.2) is 0 Å². The summed E-state index contributed by atoms with van der Waals surface area (Å²) >= 11 is 5.92. The third-order valence-electron chi connectivity index (χ3n) is 2.18. The van der Waals surface area contributed by atoms with Crippen LogP contribution in [-0.4, -0.2) is 9.75 Å². The largest absolute Gasteiger partial charge is 0.265 e. The zero-order valence-electron chi connectivity index (χ0n) is 10.7. The van der Waals surface area contributed by atoms with E-state index in [9.17, 15) is 13.0 Å². The second-order valence-corrected chi connectivity index (χ2v) is 6.59. The number of nitrogens with one attached hydrogen (secondary N) is 1. The van der Waals surface area contributed by atoms with E-state index >= 15 is 0 Å². The van der Waals surface area contributed by atoms with Crippen LogP contribution in [-0.2, 0) is 11.0 Å². The van der Waals surface area contributed by atoms with E-state index in [-0.39, 0.29) is 15.5 Å². The van der Waals surface area contributed by atoms with Crippen LogP contribution in [0.1, 0.15) is 38.3 Å². The van der Waals surface area contributed by atoms with Crippen molar-refractivity contribution in [1.82, 2.24) is 4.72 Å². The Kier molecular flexibility index (Phi) is 4.86. The molecule has 1 N–H and O–H groups in total. The van der Waals surface area contributed by atoms with Crippen molar-refractivity contribution < 1.29 is 13.0 Å².